The molecule has 1 aliphatic rings. The summed E-state index contributed by atoms with van der Waals surface area (Å²) in [7, 11) is 0. The summed E-state index contributed by atoms with van der Waals surface area (Å²) in [6, 6.07) is 12.4. The quantitative estimate of drug-likeness (QED) is 0.818. The second-order valence-corrected chi connectivity index (χ2v) is 5.03. The molecule has 2 rings (SSSR count). The van der Waals surface area contributed by atoms with Gasteiger partial charge in [-0.25, -0.2) is 0 Å². The normalized spacial score (nSPS) is 18.8. The van der Waals surface area contributed by atoms with E-state index in [0.717, 1.165) is 18.7 Å². The van der Waals surface area contributed by atoms with Crippen LogP contribution in [-0.2, 0) is 0 Å². The second-order valence-electron chi connectivity index (χ2n) is 5.03. The molecule has 84 valence electrons. The van der Waals surface area contributed by atoms with Gasteiger partial charge in [-0.05, 0) is 23.8 Å². The predicted octanol–water partition coefficient (Wildman–Crippen LogP) is 2.68. The van der Waals surface area contributed by atoms with E-state index in [0.29, 0.717) is 5.41 Å². The highest BCUT2D eigenvalue weighted by molar-refractivity contribution is 5.25. The first kappa shape index (κ1) is 11.2. The maximum Gasteiger partial charge on any atom is 0.0837 e. The molecule has 0 aromatic heterocycles. The van der Waals surface area contributed by atoms with Gasteiger partial charge in [-0.15, -0.1) is 0 Å². The zero-order chi connectivity index (χ0) is 11.4. The Morgan fingerprint density at radius 2 is 2.06 bits per heavy atom. The van der Waals surface area contributed by atoms with Crippen LogP contribution in [0.5, 0.6) is 0 Å². The molecule has 1 fully saturated rings. The Hall–Kier alpha value is -1.33. The monoisotopic (exact) mass is 214 g/mol. The summed E-state index contributed by atoms with van der Waals surface area (Å²) in [4.78, 5) is 0. The third-order valence-corrected chi connectivity index (χ3v) is 3.36. The molecule has 1 N–H and O–H groups in total. The standard InChI is InChI=1S/C14H18N2/c1-14(7-8-14)11-16-10-13(9-15)12-5-3-2-4-6-12/h2-6,13,16H,7-8,10-11H2,1H3. The molecule has 2 heteroatoms. The molecular formula is C14H18N2. The first-order chi connectivity index (χ1) is 7.73. The van der Waals surface area contributed by atoms with Crippen LogP contribution in [0.15, 0.2) is 30.3 Å². The number of rotatable bonds is 5. The van der Waals surface area contributed by atoms with E-state index >= 15 is 0 Å². The summed E-state index contributed by atoms with van der Waals surface area (Å²) in [5.74, 6) is -0.0245. The Bertz CT molecular complexity index is 373. The zero-order valence-electron chi connectivity index (χ0n) is 9.74. The zero-order valence-corrected chi connectivity index (χ0v) is 9.74. The lowest BCUT2D eigenvalue weighted by molar-refractivity contribution is 0.494. The molecule has 0 bridgehead atoms. The van der Waals surface area contributed by atoms with Crippen molar-refractivity contribution >= 4 is 0 Å². The van der Waals surface area contributed by atoms with Gasteiger partial charge in [-0.2, -0.15) is 5.26 Å². The van der Waals surface area contributed by atoms with Crippen LogP contribution in [0.2, 0.25) is 0 Å². The molecule has 1 aromatic carbocycles. The minimum absolute atomic E-state index is 0.0245. The highest BCUT2D eigenvalue weighted by Crippen LogP contribution is 2.44. The summed E-state index contributed by atoms with van der Waals surface area (Å²) in [6.07, 6.45) is 2.64. The van der Waals surface area contributed by atoms with Crippen LogP contribution in [0.1, 0.15) is 31.2 Å². The van der Waals surface area contributed by atoms with E-state index in [-0.39, 0.29) is 5.92 Å². The van der Waals surface area contributed by atoms with Gasteiger partial charge in [0.15, 0.2) is 0 Å². The largest absolute Gasteiger partial charge is 0.315 e. The van der Waals surface area contributed by atoms with Gasteiger partial charge in [-0.1, -0.05) is 37.3 Å². The van der Waals surface area contributed by atoms with Crippen molar-refractivity contribution in [2.45, 2.75) is 25.7 Å². The molecule has 0 heterocycles. The fourth-order valence-electron chi connectivity index (χ4n) is 1.83. The van der Waals surface area contributed by atoms with Crippen molar-refractivity contribution in [3.05, 3.63) is 35.9 Å². The van der Waals surface area contributed by atoms with Crippen molar-refractivity contribution in [1.29, 1.82) is 5.26 Å². The van der Waals surface area contributed by atoms with Gasteiger partial charge in [-0.3, -0.25) is 0 Å². The molecule has 1 atom stereocenters. The van der Waals surface area contributed by atoms with Gasteiger partial charge < -0.3 is 5.32 Å². The minimum atomic E-state index is -0.0245. The lowest BCUT2D eigenvalue weighted by atomic mass is 10.0. The topological polar surface area (TPSA) is 35.8 Å². The van der Waals surface area contributed by atoms with Crippen LogP contribution in [0.25, 0.3) is 0 Å². The molecule has 0 spiro atoms. The molecule has 2 nitrogen and oxygen atoms in total. The van der Waals surface area contributed by atoms with Crippen LogP contribution in [-0.4, -0.2) is 13.1 Å². The lowest BCUT2D eigenvalue weighted by Crippen LogP contribution is -2.26. The Morgan fingerprint density at radius 1 is 1.38 bits per heavy atom. The van der Waals surface area contributed by atoms with Crippen molar-refractivity contribution in [2.75, 3.05) is 13.1 Å². The summed E-state index contributed by atoms with van der Waals surface area (Å²) in [6.45, 7) is 4.10. The molecule has 16 heavy (non-hydrogen) atoms. The van der Waals surface area contributed by atoms with Crippen LogP contribution in [0.3, 0.4) is 0 Å². The third kappa shape index (κ3) is 2.84. The Morgan fingerprint density at radius 3 is 2.62 bits per heavy atom. The SMILES string of the molecule is CC1(CNCC(C#N)c2ccccc2)CC1. The van der Waals surface area contributed by atoms with Crippen LogP contribution < -0.4 is 5.32 Å². The van der Waals surface area contributed by atoms with Crippen molar-refractivity contribution in [3.63, 3.8) is 0 Å². The van der Waals surface area contributed by atoms with E-state index in [9.17, 15) is 0 Å². The van der Waals surface area contributed by atoms with E-state index in [1.54, 1.807) is 0 Å². The van der Waals surface area contributed by atoms with E-state index in [1.165, 1.54) is 12.8 Å². The molecule has 1 saturated carbocycles. The molecule has 0 aliphatic heterocycles. The third-order valence-electron chi connectivity index (χ3n) is 3.36. The first-order valence-corrected chi connectivity index (χ1v) is 5.89. The molecule has 1 unspecified atom stereocenters. The predicted molar refractivity (Wildman–Crippen MR) is 65.0 cm³/mol. The number of nitrogens with zero attached hydrogens (tertiary/aromatic N) is 1. The average molecular weight is 214 g/mol. The first-order valence-electron chi connectivity index (χ1n) is 5.89. The maximum atomic E-state index is 9.13. The Labute approximate surface area is 97.3 Å². The van der Waals surface area contributed by atoms with E-state index in [4.69, 9.17) is 5.26 Å². The fraction of sp³-hybridized carbons (Fsp3) is 0.500. The van der Waals surface area contributed by atoms with Crippen LogP contribution in [0.4, 0.5) is 0 Å². The second kappa shape index (κ2) is 4.67. The fourth-order valence-corrected chi connectivity index (χ4v) is 1.83. The molecule has 1 aliphatic carbocycles. The molecule has 0 saturated heterocycles. The highest BCUT2D eigenvalue weighted by Gasteiger charge is 2.36. The molecule has 0 radical (unpaired) electrons. The number of nitrogens with one attached hydrogen (secondary N) is 1. The molecular weight excluding hydrogens is 196 g/mol. The van der Waals surface area contributed by atoms with Gasteiger partial charge in [0, 0.05) is 13.1 Å². The number of hydrogen-bond donors (Lipinski definition) is 1. The van der Waals surface area contributed by atoms with Gasteiger partial charge >= 0.3 is 0 Å². The highest BCUT2D eigenvalue weighted by atomic mass is 14.9. The molecule has 1 aromatic rings. The van der Waals surface area contributed by atoms with Crippen molar-refractivity contribution in [3.8, 4) is 6.07 Å². The number of nitriles is 1. The van der Waals surface area contributed by atoms with Crippen LogP contribution >= 0.6 is 0 Å². The lowest BCUT2D eigenvalue weighted by Gasteiger charge is -2.13. The summed E-state index contributed by atoms with van der Waals surface area (Å²) < 4.78 is 0. The number of benzene rings is 1. The number of hydrogen-bond acceptors (Lipinski definition) is 2. The van der Waals surface area contributed by atoms with E-state index in [1.807, 2.05) is 30.3 Å². The van der Waals surface area contributed by atoms with Gasteiger partial charge in [0.2, 0.25) is 0 Å². The van der Waals surface area contributed by atoms with Gasteiger partial charge in [0.25, 0.3) is 0 Å². The van der Waals surface area contributed by atoms with Crippen molar-refractivity contribution in [2.24, 2.45) is 5.41 Å². The van der Waals surface area contributed by atoms with E-state index in [2.05, 4.69) is 18.3 Å². The van der Waals surface area contributed by atoms with E-state index < -0.39 is 0 Å². The average Bonchev–Trinajstić information content (AvgIpc) is 3.04. The minimum Gasteiger partial charge on any atom is -0.315 e. The summed E-state index contributed by atoms with van der Waals surface area (Å²) >= 11 is 0. The Balaban J connectivity index is 1.84. The summed E-state index contributed by atoms with van der Waals surface area (Å²) in [5.41, 5.74) is 1.62. The van der Waals surface area contributed by atoms with Crippen LogP contribution in [0, 0.1) is 16.7 Å². The van der Waals surface area contributed by atoms with Gasteiger partial charge in [0.05, 0.1) is 12.0 Å². The summed E-state index contributed by atoms with van der Waals surface area (Å²) in [5, 5.41) is 12.5. The smallest absolute Gasteiger partial charge is 0.0837 e. The maximum absolute atomic E-state index is 9.13. The van der Waals surface area contributed by atoms with Crippen molar-refractivity contribution < 1.29 is 0 Å². The van der Waals surface area contributed by atoms with Gasteiger partial charge in [0.1, 0.15) is 0 Å². The Kier molecular flexibility index (Phi) is 3.26. The van der Waals surface area contributed by atoms with Crippen molar-refractivity contribution in [1.82, 2.24) is 5.32 Å². The molecule has 0 amide bonds.